The lowest BCUT2D eigenvalue weighted by atomic mass is 10.1. The highest BCUT2D eigenvalue weighted by Crippen LogP contribution is 2.17. The van der Waals surface area contributed by atoms with Crippen molar-refractivity contribution in [3.8, 4) is 11.5 Å². The second kappa shape index (κ2) is 11.6. The van der Waals surface area contributed by atoms with Crippen LogP contribution in [0.5, 0.6) is 11.5 Å². The van der Waals surface area contributed by atoms with Crippen molar-refractivity contribution < 1.29 is 9.84 Å². The first-order valence-corrected chi connectivity index (χ1v) is 8.15. The zero-order chi connectivity index (χ0) is 17.2. The Morgan fingerprint density at radius 1 is 1.12 bits per heavy atom. The first kappa shape index (κ1) is 21.1. The minimum absolute atomic E-state index is 0. The number of guanidine groups is 1. The molecule has 0 spiro atoms. The predicted molar refractivity (Wildman–Crippen MR) is 113 cm³/mol. The minimum Gasteiger partial charge on any atom is -0.508 e. The number of aromatic hydroxyl groups is 1. The third-order valence-electron chi connectivity index (χ3n) is 3.56. The predicted octanol–water partition coefficient (Wildman–Crippen LogP) is 3.32. The van der Waals surface area contributed by atoms with Crippen molar-refractivity contribution in [2.24, 2.45) is 4.99 Å². The Balaban J connectivity index is 0.00000312. The fourth-order valence-corrected chi connectivity index (χ4v) is 2.38. The highest BCUT2D eigenvalue weighted by atomic mass is 127. The molecule has 0 unspecified atom stereocenters. The maximum absolute atomic E-state index is 9.50. The molecule has 0 bridgehead atoms. The molecular formula is C19H26IN3O2. The third kappa shape index (κ3) is 7.21. The summed E-state index contributed by atoms with van der Waals surface area (Å²) in [6, 6.07) is 15.2. The summed E-state index contributed by atoms with van der Waals surface area (Å²) in [7, 11) is 1.67. The minimum atomic E-state index is 0. The molecule has 0 aliphatic heterocycles. The molecule has 136 valence electrons. The van der Waals surface area contributed by atoms with E-state index in [-0.39, 0.29) is 24.0 Å². The molecular weight excluding hydrogens is 429 g/mol. The first-order chi connectivity index (χ1) is 11.7. The molecule has 6 heteroatoms. The molecule has 3 N–H and O–H groups in total. The molecule has 2 aromatic carbocycles. The zero-order valence-corrected chi connectivity index (χ0v) is 17.0. The maximum Gasteiger partial charge on any atom is 0.191 e. The van der Waals surface area contributed by atoms with Gasteiger partial charge in [0.25, 0.3) is 0 Å². The molecule has 0 aliphatic carbocycles. The number of hydrogen-bond acceptors (Lipinski definition) is 3. The van der Waals surface area contributed by atoms with E-state index in [0.29, 0.717) is 12.3 Å². The lowest BCUT2D eigenvalue weighted by molar-refractivity contribution is 0.410. The number of benzene rings is 2. The van der Waals surface area contributed by atoms with Gasteiger partial charge in [0.15, 0.2) is 5.96 Å². The molecule has 0 saturated heterocycles. The van der Waals surface area contributed by atoms with Gasteiger partial charge in [-0.05, 0) is 37.1 Å². The standard InChI is InChI=1S/C19H25N3O2.HI/c1-3-20-19(21-12-11-15-7-6-9-17(23)13-15)22-14-16-8-4-5-10-18(16)24-2;/h4-10,13,23H,3,11-12,14H2,1-2H3,(H2,20,21,22);1H. The molecule has 0 fully saturated rings. The highest BCUT2D eigenvalue weighted by molar-refractivity contribution is 14.0. The van der Waals surface area contributed by atoms with Gasteiger partial charge in [0, 0.05) is 18.7 Å². The summed E-state index contributed by atoms with van der Waals surface area (Å²) in [6.07, 6.45) is 0.813. The van der Waals surface area contributed by atoms with Gasteiger partial charge in [0.1, 0.15) is 11.5 Å². The molecule has 0 aliphatic rings. The van der Waals surface area contributed by atoms with Crippen LogP contribution in [0.15, 0.2) is 53.5 Å². The summed E-state index contributed by atoms with van der Waals surface area (Å²) >= 11 is 0. The van der Waals surface area contributed by atoms with Crippen LogP contribution >= 0.6 is 24.0 Å². The van der Waals surface area contributed by atoms with Crippen LogP contribution in [-0.2, 0) is 13.0 Å². The van der Waals surface area contributed by atoms with Crippen LogP contribution in [0.25, 0.3) is 0 Å². The largest absolute Gasteiger partial charge is 0.508 e. The van der Waals surface area contributed by atoms with Crippen molar-refractivity contribution in [3.05, 3.63) is 59.7 Å². The van der Waals surface area contributed by atoms with Crippen molar-refractivity contribution in [3.63, 3.8) is 0 Å². The fourth-order valence-electron chi connectivity index (χ4n) is 2.38. The molecule has 2 rings (SSSR count). The van der Waals surface area contributed by atoms with Crippen molar-refractivity contribution in [2.75, 3.05) is 20.2 Å². The van der Waals surface area contributed by atoms with E-state index >= 15 is 0 Å². The van der Waals surface area contributed by atoms with E-state index in [1.54, 1.807) is 19.2 Å². The number of methoxy groups -OCH3 is 1. The Kier molecular flexibility index (Phi) is 9.76. The Hall–Kier alpha value is -1.96. The smallest absolute Gasteiger partial charge is 0.191 e. The van der Waals surface area contributed by atoms with Crippen LogP contribution in [0.4, 0.5) is 0 Å². The van der Waals surface area contributed by atoms with Gasteiger partial charge in [-0.2, -0.15) is 0 Å². The van der Waals surface area contributed by atoms with E-state index in [2.05, 4.69) is 15.6 Å². The first-order valence-electron chi connectivity index (χ1n) is 8.15. The summed E-state index contributed by atoms with van der Waals surface area (Å²) < 4.78 is 5.35. The number of aliphatic imine (C=N–C) groups is 1. The van der Waals surface area contributed by atoms with E-state index < -0.39 is 0 Å². The summed E-state index contributed by atoms with van der Waals surface area (Å²) in [5.74, 6) is 1.91. The Bertz CT molecular complexity index is 677. The number of halogens is 1. The summed E-state index contributed by atoms with van der Waals surface area (Å²) in [5.41, 5.74) is 2.13. The second-order valence-corrected chi connectivity index (χ2v) is 5.35. The summed E-state index contributed by atoms with van der Waals surface area (Å²) in [6.45, 7) is 4.12. The quantitative estimate of drug-likeness (QED) is 0.341. The fraction of sp³-hybridized carbons (Fsp3) is 0.316. The van der Waals surface area contributed by atoms with Gasteiger partial charge in [-0.15, -0.1) is 24.0 Å². The zero-order valence-electron chi connectivity index (χ0n) is 14.7. The average molecular weight is 455 g/mol. The van der Waals surface area contributed by atoms with Crippen LogP contribution in [0, 0.1) is 0 Å². The van der Waals surface area contributed by atoms with Gasteiger partial charge in [-0.3, -0.25) is 0 Å². The maximum atomic E-state index is 9.50. The number of phenolic OH excluding ortho intramolecular Hbond substituents is 1. The van der Waals surface area contributed by atoms with Gasteiger partial charge < -0.3 is 20.5 Å². The van der Waals surface area contributed by atoms with E-state index in [1.165, 1.54) is 0 Å². The monoisotopic (exact) mass is 455 g/mol. The normalized spacial score (nSPS) is 10.7. The molecule has 0 atom stereocenters. The number of rotatable bonds is 7. The van der Waals surface area contributed by atoms with Crippen LogP contribution in [-0.4, -0.2) is 31.3 Å². The second-order valence-electron chi connectivity index (χ2n) is 5.35. The van der Waals surface area contributed by atoms with Crippen LogP contribution in [0.3, 0.4) is 0 Å². The lowest BCUT2D eigenvalue weighted by Gasteiger charge is -2.12. The Labute approximate surface area is 166 Å². The number of ether oxygens (including phenoxy) is 1. The van der Waals surface area contributed by atoms with Crippen LogP contribution in [0.1, 0.15) is 18.1 Å². The topological polar surface area (TPSA) is 65.9 Å². The van der Waals surface area contributed by atoms with Crippen molar-refractivity contribution in [1.29, 1.82) is 0 Å². The van der Waals surface area contributed by atoms with Crippen LogP contribution < -0.4 is 15.4 Å². The molecule has 0 radical (unpaired) electrons. The molecule has 0 heterocycles. The molecule has 2 aromatic rings. The number of para-hydroxylation sites is 1. The van der Waals surface area contributed by atoms with Gasteiger partial charge in [0.05, 0.1) is 13.7 Å². The summed E-state index contributed by atoms with van der Waals surface area (Å²) in [4.78, 5) is 4.61. The molecule has 5 nitrogen and oxygen atoms in total. The van der Waals surface area contributed by atoms with Gasteiger partial charge >= 0.3 is 0 Å². The van der Waals surface area contributed by atoms with E-state index in [0.717, 1.165) is 42.3 Å². The van der Waals surface area contributed by atoms with Gasteiger partial charge in [-0.25, -0.2) is 4.99 Å². The molecule has 0 aromatic heterocycles. The van der Waals surface area contributed by atoms with E-state index in [9.17, 15) is 5.11 Å². The third-order valence-corrected chi connectivity index (χ3v) is 3.56. The Morgan fingerprint density at radius 2 is 1.92 bits per heavy atom. The number of nitrogens with one attached hydrogen (secondary N) is 2. The molecule has 0 amide bonds. The Morgan fingerprint density at radius 3 is 2.64 bits per heavy atom. The number of phenols is 1. The van der Waals surface area contributed by atoms with E-state index in [1.807, 2.05) is 43.3 Å². The molecule has 25 heavy (non-hydrogen) atoms. The molecule has 0 saturated carbocycles. The van der Waals surface area contributed by atoms with E-state index in [4.69, 9.17) is 4.74 Å². The number of hydrogen-bond donors (Lipinski definition) is 3. The highest BCUT2D eigenvalue weighted by Gasteiger charge is 2.02. The van der Waals surface area contributed by atoms with Gasteiger partial charge in [0.2, 0.25) is 0 Å². The van der Waals surface area contributed by atoms with Crippen molar-refractivity contribution >= 4 is 29.9 Å². The van der Waals surface area contributed by atoms with Crippen molar-refractivity contribution in [2.45, 2.75) is 19.9 Å². The van der Waals surface area contributed by atoms with Crippen molar-refractivity contribution in [1.82, 2.24) is 10.6 Å². The average Bonchev–Trinajstić information content (AvgIpc) is 2.60. The van der Waals surface area contributed by atoms with Crippen LogP contribution in [0.2, 0.25) is 0 Å². The lowest BCUT2D eigenvalue weighted by Crippen LogP contribution is -2.38. The SMILES string of the molecule is CCNC(=NCc1ccccc1OC)NCCc1cccc(O)c1.I. The number of nitrogens with zero attached hydrogens (tertiary/aromatic N) is 1. The van der Waals surface area contributed by atoms with Gasteiger partial charge in [-0.1, -0.05) is 30.3 Å². The summed E-state index contributed by atoms with van der Waals surface area (Å²) in [5, 5.41) is 16.0.